The van der Waals surface area contributed by atoms with Gasteiger partial charge in [-0.25, -0.2) is 4.98 Å². The Morgan fingerprint density at radius 1 is 0.370 bits per heavy atom. The molecular weight excluding hydrogens is 657 g/mol. The fourth-order valence-electron chi connectivity index (χ4n) is 8.94. The predicted octanol–water partition coefficient (Wildman–Crippen LogP) is 12.8. The molecule has 54 heavy (non-hydrogen) atoms. The minimum absolute atomic E-state index is 0.967. The van der Waals surface area contributed by atoms with Crippen molar-refractivity contribution in [3.63, 3.8) is 0 Å². The third kappa shape index (κ3) is 4.13. The van der Waals surface area contributed by atoms with Crippen molar-refractivity contribution >= 4 is 54.5 Å². The van der Waals surface area contributed by atoms with Gasteiger partial charge in [-0.05, 0) is 107 Å². The summed E-state index contributed by atoms with van der Waals surface area (Å²) in [5.41, 5.74) is 17.3. The fraction of sp³-hybridized carbons (Fsp3) is 0. The van der Waals surface area contributed by atoms with Gasteiger partial charge in [-0.1, -0.05) is 91.0 Å². The van der Waals surface area contributed by atoms with E-state index in [2.05, 4.69) is 184 Å². The largest absolute Gasteiger partial charge is 0.309 e. The summed E-state index contributed by atoms with van der Waals surface area (Å²) in [6.45, 7) is 0. The van der Waals surface area contributed by atoms with Crippen LogP contribution in [0.2, 0.25) is 0 Å². The van der Waals surface area contributed by atoms with Crippen LogP contribution in [0.1, 0.15) is 0 Å². The summed E-state index contributed by atoms with van der Waals surface area (Å²) in [7, 11) is 0. The molecule has 250 valence electrons. The standard InChI is InChI=1S/C50H30N4/c1-3-10-34(11-4-1)53-46-17-8-7-14-37(46)40-26-31(19-22-47(40)53)32-20-23-48-41(27-32)38-21-18-33(28-49(38)54(48)35-12-5-2-6-13-35)45-29-42-36-24-25-51-30-43(36)39-15-9-16-44(52-45)50(39)42/h1-30H. The van der Waals surface area contributed by atoms with Crippen molar-refractivity contribution in [3.05, 3.63) is 182 Å². The monoisotopic (exact) mass is 686 g/mol. The molecule has 0 saturated heterocycles. The van der Waals surface area contributed by atoms with E-state index in [-0.39, 0.29) is 0 Å². The van der Waals surface area contributed by atoms with E-state index in [0.717, 1.165) is 28.0 Å². The van der Waals surface area contributed by atoms with Crippen LogP contribution in [0, 0.1) is 0 Å². The molecule has 0 aliphatic heterocycles. The van der Waals surface area contributed by atoms with Crippen LogP contribution in [0.4, 0.5) is 0 Å². The van der Waals surface area contributed by atoms with E-state index in [1.54, 1.807) is 0 Å². The first-order valence-corrected chi connectivity index (χ1v) is 18.4. The lowest BCUT2D eigenvalue weighted by Gasteiger charge is -2.10. The number of pyridine rings is 2. The lowest BCUT2D eigenvalue weighted by molar-refractivity contribution is 1.18. The zero-order chi connectivity index (χ0) is 35.3. The Bertz CT molecular complexity index is 3320. The van der Waals surface area contributed by atoms with Gasteiger partial charge < -0.3 is 9.13 Å². The predicted molar refractivity (Wildman–Crippen MR) is 224 cm³/mol. The smallest absolute Gasteiger partial charge is 0.0722 e. The molecule has 0 atom stereocenters. The molecule has 4 heteroatoms. The molecule has 0 fully saturated rings. The first-order valence-electron chi connectivity index (χ1n) is 18.4. The van der Waals surface area contributed by atoms with E-state index >= 15 is 0 Å². The number of rotatable bonds is 4. The second-order valence-corrected chi connectivity index (χ2v) is 14.2. The molecule has 0 N–H and O–H groups in total. The first kappa shape index (κ1) is 29.3. The molecule has 0 spiro atoms. The Kier molecular flexibility index (Phi) is 6.02. The number of fused-ring (bicyclic) bond motifs is 9. The number of aromatic nitrogens is 4. The van der Waals surface area contributed by atoms with Crippen molar-refractivity contribution in [1.29, 1.82) is 0 Å². The third-order valence-electron chi connectivity index (χ3n) is 11.3. The molecule has 1 aliphatic rings. The van der Waals surface area contributed by atoms with Gasteiger partial charge in [0.25, 0.3) is 0 Å². The van der Waals surface area contributed by atoms with E-state index in [1.165, 1.54) is 82.5 Å². The van der Waals surface area contributed by atoms with E-state index in [1.807, 2.05) is 12.4 Å². The molecule has 0 bridgehead atoms. The maximum atomic E-state index is 5.24. The van der Waals surface area contributed by atoms with Crippen molar-refractivity contribution in [2.75, 3.05) is 0 Å². The maximum Gasteiger partial charge on any atom is 0.0722 e. The van der Waals surface area contributed by atoms with Crippen LogP contribution in [0.5, 0.6) is 0 Å². The van der Waals surface area contributed by atoms with Crippen LogP contribution in [-0.4, -0.2) is 19.1 Å². The minimum Gasteiger partial charge on any atom is -0.309 e. The fourth-order valence-corrected chi connectivity index (χ4v) is 8.94. The molecular formula is C50H30N4. The van der Waals surface area contributed by atoms with E-state index in [9.17, 15) is 0 Å². The van der Waals surface area contributed by atoms with Gasteiger partial charge in [0.1, 0.15) is 0 Å². The quantitative estimate of drug-likeness (QED) is 0.185. The van der Waals surface area contributed by atoms with Crippen LogP contribution >= 0.6 is 0 Å². The van der Waals surface area contributed by atoms with E-state index in [0.29, 0.717) is 0 Å². The number of nitrogens with zero attached hydrogens (tertiary/aromatic N) is 4. The van der Waals surface area contributed by atoms with Crippen molar-refractivity contribution in [3.8, 4) is 56.0 Å². The normalized spacial score (nSPS) is 12.1. The highest BCUT2D eigenvalue weighted by Crippen LogP contribution is 2.48. The van der Waals surface area contributed by atoms with Crippen LogP contribution in [-0.2, 0) is 0 Å². The molecule has 4 aromatic heterocycles. The molecule has 4 heterocycles. The molecule has 0 saturated carbocycles. The second-order valence-electron chi connectivity index (χ2n) is 14.2. The number of hydrogen-bond acceptors (Lipinski definition) is 2. The third-order valence-corrected chi connectivity index (χ3v) is 11.3. The molecule has 0 radical (unpaired) electrons. The minimum atomic E-state index is 0.967. The summed E-state index contributed by atoms with van der Waals surface area (Å²) in [5.74, 6) is 0. The summed E-state index contributed by atoms with van der Waals surface area (Å²) in [4.78, 5) is 9.68. The Labute approximate surface area is 310 Å². The maximum absolute atomic E-state index is 5.24. The molecule has 12 rings (SSSR count). The Balaban J connectivity index is 1.05. The lowest BCUT2D eigenvalue weighted by atomic mass is 9.99. The van der Waals surface area contributed by atoms with Crippen molar-refractivity contribution in [2.24, 2.45) is 0 Å². The first-order chi connectivity index (χ1) is 26.8. The van der Waals surface area contributed by atoms with Gasteiger partial charge in [-0.15, -0.1) is 0 Å². The summed E-state index contributed by atoms with van der Waals surface area (Å²) in [5, 5.41) is 6.15. The SMILES string of the molecule is c1ccc(-n2c3ccccc3c3cc(-c4ccc5c(c4)c4ccc(-c6cc7c8c(cccc8n6)-c6cnccc6-7)cc4n5-c4ccccc4)ccc32)cc1. The number of hydrogen-bond donors (Lipinski definition) is 0. The topological polar surface area (TPSA) is 35.6 Å². The lowest BCUT2D eigenvalue weighted by Crippen LogP contribution is -1.94. The van der Waals surface area contributed by atoms with Crippen molar-refractivity contribution in [2.45, 2.75) is 0 Å². The van der Waals surface area contributed by atoms with Crippen LogP contribution in [0.15, 0.2) is 182 Å². The summed E-state index contributed by atoms with van der Waals surface area (Å²) >= 11 is 0. The van der Waals surface area contributed by atoms with Crippen molar-refractivity contribution < 1.29 is 0 Å². The van der Waals surface area contributed by atoms with Gasteiger partial charge in [0.2, 0.25) is 0 Å². The average molecular weight is 687 g/mol. The van der Waals surface area contributed by atoms with Crippen LogP contribution in [0.25, 0.3) is 111 Å². The average Bonchev–Trinajstić information content (AvgIpc) is 3.87. The summed E-state index contributed by atoms with van der Waals surface area (Å²) < 4.78 is 4.77. The van der Waals surface area contributed by atoms with E-state index in [4.69, 9.17) is 4.98 Å². The Morgan fingerprint density at radius 3 is 1.74 bits per heavy atom. The number of benzene rings is 7. The van der Waals surface area contributed by atoms with Gasteiger partial charge in [0, 0.05) is 61.8 Å². The van der Waals surface area contributed by atoms with E-state index < -0.39 is 0 Å². The Morgan fingerprint density at radius 2 is 1.00 bits per heavy atom. The second kappa shape index (κ2) is 11.1. The van der Waals surface area contributed by atoms with Gasteiger partial charge in [0.05, 0.1) is 33.3 Å². The van der Waals surface area contributed by atoms with Crippen molar-refractivity contribution in [1.82, 2.24) is 19.1 Å². The van der Waals surface area contributed by atoms with Gasteiger partial charge >= 0.3 is 0 Å². The molecule has 0 unspecified atom stereocenters. The highest BCUT2D eigenvalue weighted by molar-refractivity contribution is 6.16. The van der Waals surface area contributed by atoms with Gasteiger partial charge in [-0.2, -0.15) is 0 Å². The molecule has 7 aromatic carbocycles. The highest BCUT2D eigenvalue weighted by atomic mass is 15.0. The van der Waals surface area contributed by atoms with Crippen LogP contribution < -0.4 is 0 Å². The Hall–Kier alpha value is -7.30. The summed E-state index contributed by atoms with van der Waals surface area (Å²) in [6, 6.07) is 61.5. The zero-order valence-corrected chi connectivity index (χ0v) is 29.1. The zero-order valence-electron chi connectivity index (χ0n) is 29.1. The molecule has 0 amide bonds. The van der Waals surface area contributed by atoms with Crippen LogP contribution in [0.3, 0.4) is 0 Å². The molecule has 1 aliphatic carbocycles. The van der Waals surface area contributed by atoms with Gasteiger partial charge in [0.15, 0.2) is 0 Å². The van der Waals surface area contributed by atoms with Gasteiger partial charge in [-0.3, -0.25) is 4.98 Å². The molecule has 4 nitrogen and oxygen atoms in total. The number of para-hydroxylation sites is 3. The highest BCUT2D eigenvalue weighted by Gasteiger charge is 2.24. The summed E-state index contributed by atoms with van der Waals surface area (Å²) in [6.07, 6.45) is 3.86. The molecule has 11 aromatic rings.